The van der Waals surface area contributed by atoms with Crippen LogP contribution in [0.1, 0.15) is 24.0 Å². The maximum absolute atomic E-state index is 2.58. The van der Waals surface area contributed by atoms with Gasteiger partial charge in [-0.15, -0.1) is 0 Å². The average molecular weight is 173 g/mol. The summed E-state index contributed by atoms with van der Waals surface area (Å²) in [5, 5.41) is 0. The first-order valence-electron chi connectivity index (χ1n) is 5.31. The Morgan fingerprint density at radius 1 is 0.923 bits per heavy atom. The molecule has 13 heavy (non-hydrogen) atoms. The van der Waals surface area contributed by atoms with Gasteiger partial charge in [-0.1, -0.05) is 18.2 Å². The zero-order valence-corrected chi connectivity index (χ0v) is 7.92. The van der Waals surface area contributed by atoms with Crippen molar-refractivity contribution in [2.24, 2.45) is 0 Å². The Labute approximate surface area is 79.4 Å². The number of rotatable bonds is 0. The number of hydrogen-bond donors (Lipinski definition) is 0. The molecule has 1 aromatic carbocycles. The van der Waals surface area contributed by atoms with Gasteiger partial charge in [-0.25, -0.2) is 0 Å². The summed E-state index contributed by atoms with van der Waals surface area (Å²) in [7, 11) is 0. The summed E-state index contributed by atoms with van der Waals surface area (Å²) in [4.78, 5) is 2.58. The van der Waals surface area contributed by atoms with Crippen molar-refractivity contribution in [3.63, 3.8) is 0 Å². The SMILES string of the molecule is c1cc2c3c(c1)CCCN3CCC2. The lowest BCUT2D eigenvalue weighted by Gasteiger charge is -2.36. The van der Waals surface area contributed by atoms with E-state index in [0.29, 0.717) is 0 Å². The molecule has 0 fully saturated rings. The Hall–Kier alpha value is -0.980. The maximum atomic E-state index is 2.58. The third kappa shape index (κ3) is 1.06. The number of para-hydroxylation sites is 1. The van der Waals surface area contributed by atoms with Crippen LogP contribution in [0.3, 0.4) is 0 Å². The highest BCUT2D eigenvalue weighted by Crippen LogP contribution is 2.34. The molecule has 1 heteroatoms. The molecular formula is C12H15N. The van der Waals surface area contributed by atoms with Crippen molar-refractivity contribution in [3.05, 3.63) is 29.3 Å². The minimum absolute atomic E-state index is 1.28. The van der Waals surface area contributed by atoms with Crippen molar-refractivity contribution in [3.8, 4) is 0 Å². The first kappa shape index (κ1) is 7.43. The molecular weight excluding hydrogens is 158 g/mol. The van der Waals surface area contributed by atoms with E-state index in [-0.39, 0.29) is 0 Å². The lowest BCUT2D eigenvalue weighted by molar-refractivity contribution is 0.634. The zero-order chi connectivity index (χ0) is 8.67. The van der Waals surface area contributed by atoms with Crippen molar-refractivity contribution in [1.82, 2.24) is 0 Å². The molecule has 1 nitrogen and oxygen atoms in total. The van der Waals surface area contributed by atoms with Crippen LogP contribution in [0.25, 0.3) is 0 Å². The molecule has 2 heterocycles. The highest BCUT2D eigenvalue weighted by molar-refractivity contribution is 5.62. The molecule has 0 aliphatic carbocycles. The molecule has 2 aliphatic heterocycles. The largest absolute Gasteiger partial charge is 0.371 e. The average Bonchev–Trinajstić information content (AvgIpc) is 2.19. The van der Waals surface area contributed by atoms with E-state index < -0.39 is 0 Å². The first-order chi connectivity index (χ1) is 6.45. The van der Waals surface area contributed by atoms with Gasteiger partial charge in [0.05, 0.1) is 0 Å². The monoisotopic (exact) mass is 173 g/mol. The van der Waals surface area contributed by atoms with E-state index in [4.69, 9.17) is 0 Å². The minimum atomic E-state index is 1.28. The van der Waals surface area contributed by atoms with Gasteiger partial charge in [-0.3, -0.25) is 0 Å². The first-order valence-corrected chi connectivity index (χ1v) is 5.31. The van der Waals surface area contributed by atoms with Gasteiger partial charge in [0, 0.05) is 18.8 Å². The third-order valence-corrected chi connectivity index (χ3v) is 3.27. The fraction of sp³-hybridized carbons (Fsp3) is 0.500. The summed E-state index contributed by atoms with van der Waals surface area (Å²) < 4.78 is 0. The number of benzene rings is 1. The van der Waals surface area contributed by atoms with E-state index in [9.17, 15) is 0 Å². The Morgan fingerprint density at radius 3 is 2.15 bits per heavy atom. The predicted octanol–water partition coefficient (Wildman–Crippen LogP) is 2.39. The molecule has 68 valence electrons. The van der Waals surface area contributed by atoms with E-state index in [1.165, 1.54) is 38.8 Å². The fourth-order valence-electron chi connectivity index (χ4n) is 2.71. The number of aryl methyl sites for hydroxylation is 2. The number of anilines is 1. The van der Waals surface area contributed by atoms with E-state index in [2.05, 4.69) is 23.1 Å². The molecule has 2 aliphatic rings. The van der Waals surface area contributed by atoms with Gasteiger partial charge >= 0.3 is 0 Å². The van der Waals surface area contributed by atoms with Crippen LogP contribution in [0, 0.1) is 0 Å². The lowest BCUT2D eigenvalue weighted by Crippen LogP contribution is -2.34. The van der Waals surface area contributed by atoms with E-state index in [0.717, 1.165) is 0 Å². The Balaban J connectivity index is 2.18. The van der Waals surface area contributed by atoms with Gasteiger partial charge in [-0.05, 0) is 36.8 Å². The van der Waals surface area contributed by atoms with Gasteiger partial charge < -0.3 is 4.90 Å². The molecule has 0 saturated heterocycles. The maximum Gasteiger partial charge on any atom is 0.0431 e. The highest BCUT2D eigenvalue weighted by Gasteiger charge is 2.22. The topological polar surface area (TPSA) is 3.24 Å². The van der Waals surface area contributed by atoms with Crippen LogP contribution in [-0.2, 0) is 12.8 Å². The summed E-state index contributed by atoms with van der Waals surface area (Å²) in [6.45, 7) is 2.56. The molecule has 0 N–H and O–H groups in total. The van der Waals surface area contributed by atoms with Crippen LogP contribution < -0.4 is 4.90 Å². The Kier molecular flexibility index (Phi) is 1.58. The van der Waals surface area contributed by atoms with Gasteiger partial charge in [0.2, 0.25) is 0 Å². The zero-order valence-electron chi connectivity index (χ0n) is 7.92. The van der Waals surface area contributed by atoms with E-state index in [1.807, 2.05) is 0 Å². The van der Waals surface area contributed by atoms with Gasteiger partial charge in [-0.2, -0.15) is 0 Å². The quantitative estimate of drug-likeness (QED) is 0.582. The highest BCUT2D eigenvalue weighted by atomic mass is 15.1. The molecule has 3 rings (SSSR count). The van der Waals surface area contributed by atoms with Crippen LogP contribution >= 0.6 is 0 Å². The van der Waals surface area contributed by atoms with Crippen molar-refractivity contribution in [1.29, 1.82) is 0 Å². The van der Waals surface area contributed by atoms with Crippen molar-refractivity contribution >= 4 is 5.69 Å². The standard InChI is InChI=1S/C12H15N/c1-4-10-6-2-8-13-9-3-7-11(5-1)12(10)13/h1,4-5H,2-3,6-9H2. The lowest BCUT2D eigenvalue weighted by atomic mass is 9.92. The van der Waals surface area contributed by atoms with E-state index >= 15 is 0 Å². The molecule has 0 saturated carbocycles. The summed E-state index contributed by atoms with van der Waals surface area (Å²) >= 11 is 0. The molecule has 0 radical (unpaired) electrons. The minimum Gasteiger partial charge on any atom is -0.371 e. The molecule has 0 amide bonds. The van der Waals surface area contributed by atoms with Gasteiger partial charge in [0.15, 0.2) is 0 Å². The Morgan fingerprint density at radius 2 is 1.54 bits per heavy atom. The van der Waals surface area contributed by atoms with Crippen LogP contribution in [0.15, 0.2) is 18.2 Å². The molecule has 0 aromatic heterocycles. The summed E-state index contributed by atoms with van der Waals surface area (Å²) in [5.74, 6) is 0. The molecule has 0 bridgehead atoms. The van der Waals surface area contributed by atoms with E-state index in [1.54, 1.807) is 16.8 Å². The molecule has 0 atom stereocenters. The Bertz CT molecular complexity index is 302. The van der Waals surface area contributed by atoms with Crippen molar-refractivity contribution in [2.45, 2.75) is 25.7 Å². The smallest absolute Gasteiger partial charge is 0.0431 e. The number of nitrogens with zero attached hydrogens (tertiary/aromatic N) is 1. The van der Waals surface area contributed by atoms with Gasteiger partial charge in [0.1, 0.15) is 0 Å². The number of hydrogen-bond acceptors (Lipinski definition) is 1. The molecule has 1 aromatic rings. The second kappa shape index (κ2) is 2.76. The molecule has 0 unspecified atom stereocenters. The van der Waals surface area contributed by atoms with Gasteiger partial charge in [0.25, 0.3) is 0 Å². The summed E-state index contributed by atoms with van der Waals surface area (Å²) in [6.07, 6.45) is 5.27. The second-order valence-electron chi connectivity index (χ2n) is 4.12. The fourth-order valence-corrected chi connectivity index (χ4v) is 2.71. The van der Waals surface area contributed by atoms with Crippen LogP contribution in [-0.4, -0.2) is 13.1 Å². The van der Waals surface area contributed by atoms with Crippen LogP contribution in [0.2, 0.25) is 0 Å². The summed E-state index contributed by atoms with van der Waals surface area (Å²) in [6, 6.07) is 6.83. The van der Waals surface area contributed by atoms with Crippen LogP contribution in [0.5, 0.6) is 0 Å². The van der Waals surface area contributed by atoms with Crippen LogP contribution in [0.4, 0.5) is 5.69 Å². The molecule has 0 spiro atoms. The third-order valence-electron chi connectivity index (χ3n) is 3.27. The van der Waals surface area contributed by atoms with Crippen molar-refractivity contribution < 1.29 is 0 Å². The second-order valence-corrected chi connectivity index (χ2v) is 4.12. The predicted molar refractivity (Wildman–Crippen MR) is 55.3 cm³/mol. The summed E-state index contributed by atoms with van der Waals surface area (Å²) in [5.41, 5.74) is 4.76. The van der Waals surface area contributed by atoms with Crippen molar-refractivity contribution in [2.75, 3.05) is 18.0 Å². The normalized spacial score (nSPS) is 19.8.